The molecule has 2 N–H and O–H groups in total. The molecule has 6 heteroatoms. The normalized spacial score (nSPS) is 14.6. The van der Waals surface area contributed by atoms with E-state index in [1.807, 2.05) is 13.8 Å². The van der Waals surface area contributed by atoms with E-state index in [9.17, 15) is 14.4 Å². The molecule has 1 saturated heterocycles. The van der Waals surface area contributed by atoms with Gasteiger partial charge in [0.05, 0.1) is 0 Å². The molecule has 0 radical (unpaired) electrons. The molecule has 2 rings (SSSR count). The first-order chi connectivity index (χ1) is 11.5. The van der Waals surface area contributed by atoms with Crippen LogP contribution in [0.4, 0.5) is 5.69 Å². The zero-order chi connectivity index (χ0) is 17.5. The molecule has 1 aromatic rings. The number of hydrogen-bond acceptors (Lipinski definition) is 3. The van der Waals surface area contributed by atoms with Crippen molar-refractivity contribution in [3.05, 3.63) is 29.8 Å². The van der Waals surface area contributed by atoms with E-state index < -0.39 is 0 Å². The highest BCUT2D eigenvalue weighted by Crippen LogP contribution is 2.21. The molecule has 0 bridgehead atoms. The highest BCUT2D eigenvalue weighted by molar-refractivity contribution is 5.97. The van der Waals surface area contributed by atoms with Crippen LogP contribution in [0.25, 0.3) is 0 Å². The van der Waals surface area contributed by atoms with E-state index in [1.54, 1.807) is 29.2 Å². The van der Waals surface area contributed by atoms with E-state index >= 15 is 0 Å². The number of carbonyl (C=O) groups is 3. The summed E-state index contributed by atoms with van der Waals surface area (Å²) in [5.74, 6) is -0.143. The molecule has 130 valence electrons. The van der Waals surface area contributed by atoms with Crippen LogP contribution < -0.4 is 15.5 Å². The summed E-state index contributed by atoms with van der Waals surface area (Å²) in [4.78, 5) is 37.2. The minimum Gasteiger partial charge on any atom is -0.354 e. The maximum Gasteiger partial charge on any atom is 0.251 e. The monoisotopic (exact) mass is 331 g/mol. The third-order valence-corrected chi connectivity index (χ3v) is 4.00. The lowest BCUT2D eigenvalue weighted by atomic mass is 10.1. The van der Waals surface area contributed by atoms with E-state index in [0.29, 0.717) is 25.1 Å². The molecule has 1 aliphatic heterocycles. The number of anilines is 1. The standard InChI is InChI=1S/C18H25N3O3/c1-13(2)17(23)19-10-11-20-18(24)14-6-8-15(9-7-14)21-12-4-3-5-16(21)22/h6-9,13H,3-5,10-12H2,1-2H3,(H,19,23)(H,20,24). The summed E-state index contributed by atoms with van der Waals surface area (Å²) in [5.41, 5.74) is 1.37. The maximum absolute atomic E-state index is 12.1. The molecule has 1 aromatic carbocycles. The summed E-state index contributed by atoms with van der Waals surface area (Å²) in [6, 6.07) is 7.05. The fourth-order valence-corrected chi connectivity index (χ4v) is 2.54. The van der Waals surface area contributed by atoms with Crippen LogP contribution >= 0.6 is 0 Å². The van der Waals surface area contributed by atoms with Gasteiger partial charge in [-0.2, -0.15) is 0 Å². The van der Waals surface area contributed by atoms with Gasteiger partial charge < -0.3 is 15.5 Å². The first-order valence-electron chi connectivity index (χ1n) is 8.45. The zero-order valence-electron chi connectivity index (χ0n) is 14.3. The molecular weight excluding hydrogens is 306 g/mol. The molecule has 0 unspecified atom stereocenters. The number of amides is 3. The lowest BCUT2D eigenvalue weighted by Gasteiger charge is -2.26. The first kappa shape index (κ1) is 18.0. The Kier molecular flexibility index (Phi) is 6.35. The number of nitrogens with zero attached hydrogens (tertiary/aromatic N) is 1. The molecular formula is C18H25N3O3. The smallest absolute Gasteiger partial charge is 0.251 e. The second-order valence-electron chi connectivity index (χ2n) is 6.25. The minimum atomic E-state index is -0.190. The van der Waals surface area contributed by atoms with Gasteiger partial charge in [0.2, 0.25) is 11.8 Å². The largest absolute Gasteiger partial charge is 0.354 e. The minimum absolute atomic E-state index is 0.0280. The number of benzene rings is 1. The van der Waals surface area contributed by atoms with Crippen LogP contribution in [-0.4, -0.2) is 37.4 Å². The van der Waals surface area contributed by atoms with Crippen LogP contribution in [0.5, 0.6) is 0 Å². The van der Waals surface area contributed by atoms with Gasteiger partial charge in [-0.15, -0.1) is 0 Å². The first-order valence-corrected chi connectivity index (χ1v) is 8.45. The Bertz CT molecular complexity index is 596. The summed E-state index contributed by atoms with van der Waals surface area (Å²) in [7, 11) is 0. The van der Waals surface area contributed by atoms with Crippen molar-refractivity contribution >= 4 is 23.4 Å². The highest BCUT2D eigenvalue weighted by Gasteiger charge is 2.19. The molecule has 1 fully saturated rings. The van der Waals surface area contributed by atoms with Crippen molar-refractivity contribution in [2.24, 2.45) is 5.92 Å². The van der Waals surface area contributed by atoms with Crippen LogP contribution in [0.3, 0.4) is 0 Å². The summed E-state index contributed by atoms with van der Waals surface area (Å²) < 4.78 is 0. The average Bonchev–Trinajstić information content (AvgIpc) is 2.59. The van der Waals surface area contributed by atoms with E-state index in [2.05, 4.69) is 10.6 Å². The quantitative estimate of drug-likeness (QED) is 0.779. The van der Waals surface area contributed by atoms with Gasteiger partial charge in [0.15, 0.2) is 0 Å². The van der Waals surface area contributed by atoms with Gasteiger partial charge in [-0.25, -0.2) is 0 Å². The average molecular weight is 331 g/mol. The highest BCUT2D eigenvalue weighted by atomic mass is 16.2. The van der Waals surface area contributed by atoms with Gasteiger partial charge in [0.25, 0.3) is 5.91 Å². The topological polar surface area (TPSA) is 78.5 Å². The van der Waals surface area contributed by atoms with Crippen molar-refractivity contribution in [1.82, 2.24) is 10.6 Å². The second kappa shape index (κ2) is 8.47. The summed E-state index contributed by atoms with van der Waals surface area (Å²) in [6.07, 6.45) is 2.55. The Morgan fingerprint density at radius 1 is 1.08 bits per heavy atom. The van der Waals surface area contributed by atoms with Crippen LogP contribution in [0.15, 0.2) is 24.3 Å². The van der Waals surface area contributed by atoms with E-state index in [0.717, 1.165) is 25.1 Å². The molecule has 1 heterocycles. The predicted octanol–water partition coefficient (Wildman–Crippen LogP) is 1.71. The van der Waals surface area contributed by atoms with E-state index in [4.69, 9.17) is 0 Å². The summed E-state index contributed by atoms with van der Waals surface area (Å²) >= 11 is 0. The Morgan fingerprint density at radius 3 is 2.38 bits per heavy atom. The maximum atomic E-state index is 12.1. The van der Waals surface area contributed by atoms with E-state index in [-0.39, 0.29) is 23.6 Å². The van der Waals surface area contributed by atoms with Crippen molar-refractivity contribution in [1.29, 1.82) is 0 Å². The van der Waals surface area contributed by atoms with Gasteiger partial charge in [-0.3, -0.25) is 14.4 Å². The molecule has 6 nitrogen and oxygen atoms in total. The molecule has 24 heavy (non-hydrogen) atoms. The van der Waals surface area contributed by atoms with Gasteiger partial charge in [-0.1, -0.05) is 13.8 Å². The van der Waals surface area contributed by atoms with Gasteiger partial charge in [0.1, 0.15) is 0 Å². The number of piperidine rings is 1. The third kappa shape index (κ3) is 4.81. The van der Waals surface area contributed by atoms with Crippen LogP contribution in [0, 0.1) is 5.92 Å². The Balaban J connectivity index is 1.83. The number of hydrogen-bond donors (Lipinski definition) is 2. The van der Waals surface area contributed by atoms with Gasteiger partial charge in [0, 0.05) is 43.2 Å². The van der Waals surface area contributed by atoms with Crippen LogP contribution in [-0.2, 0) is 9.59 Å². The molecule has 3 amide bonds. The Labute approximate surface area is 142 Å². The fraction of sp³-hybridized carbons (Fsp3) is 0.500. The molecule has 1 aliphatic rings. The Morgan fingerprint density at radius 2 is 1.75 bits per heavy atom. The lowest BCUT2D eigenvalue weighted by molar-refractivity contribution is -0.124. The van der Waals surface area contributed by atoms with Gasteiger partial charge in [-0.05, 0) is 37.1 Å². The second-order valence-corrected chi connectivity index (χ2v) is 6.25. The van der Waals surface area contributed by atoms with Crippen molar-refractivity contribution in [2.75, 3.05) is 24.5 Å². The SMILES string of the molecule is CC(C)C(=O)NCCNC(=O)c1ccc(N2CCCCC2=O)cc1. The molecule has 0 aromatic heterocycles. The lowest BCUT2D eigenvalue weighted by Crippen LogP contribution is -2.36. The molecule has 0 spiro atoms. The third-order valence-electron chi connectivity index (χ3n) is 4.00. The van der Waals surface area contributed by atoms with Crippen molar-refractivity contribution in [2.45, 2.75) is 33.1 Å². The Hall–Kier alpha value is -2.37. The van der Waals surface area contributed by atoms with Crippen molar-refractivity contribution in [3.63, 3.8) is 0 Å². The summed E-state index contributed by atoms with van der Waals surface area (Å²) in [5, 5.41) is 5.51. The molecule has 0 saturated carbocycles. The predicted molar refractivity (Wildman–Crippen MR) is 92.8 cm³/mol. The molecule has 0 aliphatic carbocycles. The van der Waals surface area contributed by atoms with Crippen molar-refractivity contribution in [3.8, 4) is 0 Å². The van der Waals surface area contributed by atoms with E-state index in [1.165, 1.54) is 0 Å². The zero-order valence-corrected chi connectivity index (χ0v) is 14.3. The van der Waals surface area contributed by atoms with Crippen molar-refractivity contribution < 1.29 is 14.4 Å². The van der Waals surface area contributed by atoms with Gasteiger partial charge >= 0.3 is 0 Å². The molecule has 0 atom stereocenters. The number of nitrogens with one attached hydrogen (secondary N) is 2. The summed E-state index contributed by atoms with van der Waals surface area (Å²) in [6.45, 7) is 5.16. The number of rotatable bonds is 6. The van der Waals surface area contributed by atoms with Crippen LogP contribution in [0.1, 0.15) is 43.5 Å². The fourth-order valence-electron chi connectivity index (χ4n) is 2.54. The van der Waals surface area contributed by atoms with Crippen LogP contribution in [0.2, 0.25) is 0 Å². The number of carbonyl (C=O) groups excluding carboxylic acids is 3.